The van der Waals surface area contributed by atoms with Crippen molar-refractivity contribution in [1.82, 2.24) is 4.90 Å². The molecule has 1 aliphatic heterocycles. The summed E-state index contributed by atoms with van der Waals surface area (Å²) in [5.74, 6) is -2.30. The number of benzene rings is 1. The molecule has 1 aromatic carbocycles. The number of carbonyl (C=O) groups excluding carboxylic acids is 1. The summed E-state index contributed by atoms with van der Waals surface area (Å²) in [4.78, 5) is 24.9. The largest absolute Gasteiger partial charge is 0.573 e. The Balaban J connectivity index is 2.28. The van der Waals surface area contributed by atoms with Crippen LogP contribution in [-0.2, 0) is 4.79 Å². The van der Waals surface area contributed by atoms with Crippen LogP contribution in [0.5, 0.6) is 5.75 Å². The summed E-state index contributed by atoms with van der Waals surface area (Å²) < 4.78 is 41.0. The molecule has 0 radical (unpaired) electrons. The van der Waals surface area contributed by atoms with Crippen LogP contribution in [-0.4, -0.2) is 40.8 Å². The molecule has 5 nitrogen and oxygen atoms in total. The number of halogens is 4. The summed E-state index contributed by atoms with van der Waals surface area (Å²) in [5, 5.41) is 9.18. The van der Waals surface area contributed by atoms with Crippen LogP contribution >= 0.6 is 15.9 Å². The van der Waals surface area contributed by atoms with E-state index >= 15 is 0 Å². The fraction of sp³-hybridized carbons (Fsp3) is 0.429. The molecule has 0 bridgehead atoms. The Morgan fingerprint density at radius 2 is 2.00 bits per heavy atom. The van der Waals surface area contributed by atoms with Crippen molar-refractivity contribution in [3.05, 3.63) is 28.2 Å². The minimum atomic E-state index is -4.89. The summed E-state index contributed by atoms with van der Waals surface area (Å²) in [5.41, 5.74) is -0.0550. The van der Waals surface area contributed by atoms with E-state index in [0.717, 1.165) is 6.07 Å². The minimum absolute atomic E-state index is 0.0415. The van der Waals surface area contributed by atoms with E-state index in [1.165, 1.54) is 17.0 Å². The van der Waals surface area contributed by atoms with Crippen molar-refractivity contribution in [1.29, 1.82) is 0 Å². The lowest BCUT2D eigenvalue weighted by Crippen LogP contribution is -2.48. The van der Waals surface area contributed by atoms with Gasteiger partial charge in [0.15, 0.2) is 0 Å². The van der Waals surface area contributed by atoms with Crippen molar-refractivity contribution < 1.29 is 32.6 Å². The molecule has 0 aliphatic carbocycles. The standard InChI is InChI=1S/C14H13BrF3NO4/c15-9-5-4-8(7-11(9)23-14(16,17)18)12(20)19-6-2-1-3-10(19)13(21)22/h4-5,7,10H,1-3,6H2,(H,21,22). The normalized spacial score (nSPS) is 18.6. The van der Waals surface area contributed by atoms with Crippen molar-refractivity contribution in [2.75, 3.05) is 6.54 Å². The predicted octanol–water partition coefficient (Wildman–Crippen LogP) is 3.43. The van der Waals surface area contributed by atoms with Gasteiger partial charge in [0.1, 0.15) is 11.8 Å². The lowest BCUT2D eigenvalue weighted by atomic mass is 10.0. The Kier molecular flexibility index (Phi) is 5.18. The fourth-order valence-corrected chi connectivity index (χ4v) is 2.76. The number of rotatable bonds is 3. The molecule has 0 saturated carbocycles. The Labute approximate surface area is 138 Å². The molecule has 1 saturated heterocycles. The maximum atomic E-state index is 12.5. The van der Waals surface area contributed by atoms with Crippen LogP contribution in [0.4, 0.5) is 13.2 Å². The highest BCUT2D eigenvalue weighted by atomic mass is 79.9. The first-order chi connectivity index (χ1) is 10.7. The van der Waals surface area contributed by atoms with Gasteiger partial charge in [-0.25, -0.2) is 4.79 Å². The number of carboxylic acids is 1. The number of hydrogen-bond acceptors (Lipinski definition) is 3. The van der Waals surface area contributed by atoms with Gasteiger partial charge in [-0.3, -0.25) is 4.79 Å². The van der Waals surface area contributed by atoms with Crippen LogP contribution in [0.3, 0.4) is 0 Å². The number of carboxylic acid groups (broad SMARTS) is 1. The molecule has 1 unspecified atom stereocenters. The SMILES string of the molecule is O=C(O)C1CCCCN1C(=O)c1ccc(Br)c(OC(F)(F)F)c1. The number of aliphatic carboxylic acids is 1. The first-order valence-corrected chi connectivity index (χ1v) is 7.57. The number of amides is 1. The van der Waals surface area contributed by atoms with E-state index < -0.39 is 30.0 Å². The van der Waals surface area contributed by atoms with Crippen LogP contribution in [0.1, 0.15) is 29.6 Å². The van der Waals surface area contributed by atoms with Crippen molar-refractivity contribution >= 4 is 27.8 Å². The molecule has 1 amide bonds. The summed E-state index contributed by atoms with van der Waals surface area (Å²) in [7, 11) is 0. The number of likely N-dealkylation sites (tertiary alicyclic amines) is 1. The highest BCUT2D eigenvalue weighted by molar-refractivity contribution is 9.10. The summed E-state index contributed by atoms with van der Waals surface area (Å²) in [6.07, 6.45) is -3.23. The van der Waals surface area contributed by atoms with Gasteiger partial charge < -0.3 is 14.7 Å². The average Bonchev–Trinajstić information content (AvgIpc) is 2.47. The summed E-state index contributed by atoms with van der Waals surface area (Å²) in [6, 6.07) is 2.57. The quantitative estimate of drug-likeness (QED) is 0.851. The first kappa shape index (κ1) is 17.6. The number of alkyl halides is 3. The van der Waals surface area contributed by atoms with E-state index in [-0.39, 0.29) is 16.6 Å². The summed E-state index contributed by atoms with van der Waals surface area (Å²) >= 11 is 2.92. The molecule has 2 rings (SSSR count). The smallest absolute Gasteiger partial charge is 0.480 e. The molecular weight excluding hydrogens is 383 g/mol. The van der Waals surface area contributed by atoms with Crippen molar-refractivity contribution in [2.24, 2.45) is 0 Å². The minimum Gasteiger partial charge on any atom is -0.480 e. The Hall–Kier alpha value is -1.77. The topological polar surface area (TPSA) is 66.8 Å². The van der Waals surface area contributed by atoms with Gasteiger partial charge in [-0.1, -0.05) is 0 Å². The molecule has 1 atom stereocenters. The van der Waals surface area contributed by atoms with Crippen LogP contribution in [0, 0.1) is 0 Å². The Morgan fingerprint density at radius 1 is 1.30 bits per heavy atom. The third kappa shape index (κ3) is 4.37. The molecule has 1 fully saturated rings. The van der Waals surface area contributed by atoms with Gasteiger partial charge in [0, 0.05) is 12.1 Å². The highest BCUT2D eigenvalue weighted by Crippen LogP contribution is 2.32. The fourth-order valence-electron chi connectivity index (χ4n) is 2.44. The Morgan fingerprint density at radius 3 is 2.61 bits per heavy atom. The van der Waals surface area contributed by atoms with Gasteiger partial charge >= 0.3 is 12.3 Å². The number of ether oxygens (including phenoxy) is 1. The Bertz CT molecular complexity index is 621. The lowest BCUT2D eigenvalue weighted by Gasteiger charge is -2.33. The van der Waals surface area contributed by atoms with Crippen LogP contribution < -0.4 is 4.74 Å². The van der Waals surface area contributed by atoms with Crippen LogP contribution in [0.15, 0.2) is 22.7 Å². The molecular formula is C14H13BrF3NO4. The molecule has 1 aromatic rings. The van der Waals surface area contributed by atoms with E-state index in [4.69, 9.17) is 0 Å². The van der Waals surface area contributed by atoms with Crippen LogP contribution in [0.25, 0.3) is 0 Å². The molecule has 0 spiro atoms. The maximum Gasteiger partial charge on any atom is 0.573 e. The van der Waals surface area contributed by atoms with Crippen molar-refractivity contribution in [3.8, 4) is 5.75 Å². The number of carbonyl (C=O) groups is 2. The number of piperidine rings is 1. The zero-order valence-corrected chi connectivity index (χ0v) is 13.4. The highest BCUT2D eigenvalue weighted by Gasteiger charge is 2.34. The third-order valence-corrected chi connectivity index (χ3v) is 4.11. The molecule has 23 heavy (non-hydrogen) atoms. The number of hydrogen-bond donors (Lipinski definition) is 1. The second kappa shape index (κ2) is 6.77. The van der Waals surface area contributed by atoms with Crippen molar-refractivity contribution in [3.63, 3.8) is 0 Å². The molecule has 0 aromatic heterocycles. The molecule has 1 heterocycles. The second-order valence-electron chi connectivity index (χ2n) is 5.04. The maximum absolute atomic E-state index is 12.5. The number of nitrogens with zero attached hydrogens (tertiary/aromatic N) is 1. The van der Waals surface area contributed by atoms with Gasteiger partial charge in [0.2, 0.25) is 0 Å². The summed E-state index contributed by atoms with van der Waals surface area (Å²) in [6.45, 7) is 0.251. The van der Waals surface area contributed by atoms with E-state index in [9.17, 15) is 27.9 Å². The molecule has 9 heteroatoms. The average molecular weight is 396 g/mol. The van der Waals surface area contributed by atoms with E-state index in [1.807, 2.05) is 0 Å². The van der Waals surface area contributed by atoms with Gasteiger partial charge in [-0.2, -0.15) is 0 Å². The predicted molar refractivity (Wildman–Crippen MR) is 77.1 cm³/mol. The first-order valence-electron chi connectivity index (χ1n) is 6.78. The van der Waals surface area contributed by atoms with Gasteiger partial charge in [0.05, 0.1) is 4.47 Å². The molecule has 1 N–H and O–H groups in total. The third-order valence-electron chi connectivity index (χ3n) is 3.45. The van der Waals surface area contributed by atoms with E-state index in [1.54, 1.807) is 0 Å². The zero-order chi connectivity index (χ0) is 17.2. The van der Waals surface area contributed by atoms with Gasteiger partial charge in [0.25, 0.3) is 5.91 Å². The monoisotopic (exact) mass is 395 g/mol. The van der Waals surface area contributed by atoms with Crippen molar-refractivity contribution in [2.45, 2.75) is 31.7 Å². The van der Waals surface area contributed by atoms with E-state index in [0.29, 0.717) is 19.3 Å². The lowest BCUT2D eigenvalue weighted by molar-refractivity contribution is -0.274. The van der Waals surface area contributed by atoms with Gasteiger partial charge in [-0.15, -0.1) is 13.2 Å². The van der Waals surface area contributed by atoms with Crippen LogP contribution in [0.2, 0.25) is 0 Å². The van der Waals surface area contributed by atoms with E-state index in [2.05, 4.69) is 20.7 Å². The molecule has 1 aliphatic rings. The molecule has 126 valence electrons. The van der Waals surface area contributed by atoms with Gasteiger partial charge in [-0.05, 0) is 53.4 Å². The second-order valence-corrected chi connectivity index (χ2v) is 5.90. The zero-order valence-electron chi connectivity index (χ0n) is 11.8.